The molecule has 0 saturated carbocycles. The first-order valence-corrected chi connectivity index (χ1v) is 5.91. The predicted molar refractivity (Wildman–Crippen MR) is 59.1 cm³/mol. The van der Waals surface area contributed by atoms with Crippen LogP contribution in [-0.4, -0.2) is 54.5 Å². The molecule has 16 heavy (non-hydrogen) atoms. The summed E-state index contributed by atoms with van der Waals surface area (Å²) in [4.78, 5) is 20.5. The Labute approximate surface area is 95.6 Å². The molecule has 6 nitrogen and oxygen atoms in total. The molecule has 3 N–H and O–H groups in total. The molecule has 92 valence electrons. The van der Waals surface area contributed by atoms with Gasteiger partial charge in [0.05, 0.1) is 6.42 Å². The molecule has 2 saturated heterocycles. The third-order valence-electron chi connectivity index (χ3n) is 3.48. The Kier molecular flexibility index (Phi) is 4.11. The molecule has 2 aliphatic heterocycles. The van der Waals surface area contributed by atoms with E-state index >= 15 is 0 Å². The van der Waals surface area contributed by atoms with Gasteiger partial charge in [0, 0.05) is 32.2 Å². The van der Waals surface area contributed by atoms with Crippen LogP contribution in [0.3, 0.4) is 0 Å². The molecule has 2 fully saturated rings. The van der Waals surface area contributed by atoms with Crippen molar-refractivity contribution in [3.05, 3.63) is 0 Å². The standard InChI is InChI=1S/C10H20N4O2/c11-12-16-10(15)3-5-13-6-7-14-4-1-2-9(14)8-13/h9,12H,1-8,11H2. The van der Waals surface area contributed by atoms with E-state index in [9.17, 15) is 4.79 Å². The molecule has 0 amide bonds. The Morgan fingerprint density at radius 2 is 2.31 bits per heavy atom. The van der Waals surface area contributed by atoms with Crippen LogP contribution in [-0.2, 0) is 9.63 Å². The highest BCUT2D eigenvalue weighted by atomic mass is 16.7. The summed E-state index contributed by atoms with van der Waals surface area (Å²) in [5, 5.41) is 0. The molecule has 0 aromatic rings. The van der Waals surface area contributed by atoms with E-state index < -0.39 is 0 Å². The lowest BCUT2D eigenvalue weighted by molar-refractivity contribution is -0.151. The van der Waals surface area contributed by atoms with Crippen molar-refractivity contribution in [1.82, 2.24) is 15.4 Å². The highest BCUT2D eigenvalue weighted by Crippen LogP contribution is 2.21. The molecule has 2 aliphatic rings. The Morgan fingerprint density at radius 3 is 3.12 bits per heavy atom. The lowest BCUT2D eigenvalue weighted by atomic mass is 10.1. The molecular formula is C10H20N4O2. The molecule has 0 spiro atoms. The summed E-state index contributed by atoms with van der Waals surface area (Å²) < 4.78 is 0. The maximum Gasteiger partial charge on any atom is 0.327 e. The SMILES string of the molecule is NNOC(=O)CCN1CCN2CCCC2C1. The number of nitrogens with two attached hydrogens (primary N) is 1. The zero-order valence-corrected chi connectivity index (χ0v) is 9.52. The fourth-order valence-electron chi connectivity index (χ4n) is 2.62. The molecule has 1 atom stereocenters. The van der Waals surface area contributed by atoms with Gasteiger partial charge in [-0.15, -0.1) is 0 Å². The summed E-state index contributed by atoms with van der Waals surface area (Å²) in [5.74, 6) is 4.60. The van der Waals surface area contributed by atoms with Crippen molar-refractivity contribution in [1.29, 1.82) is 0 Å². The number of nitrogens with one attached hydrogen (secondary N) is 1. The summed E-state index contributed by atoms with van der Waals surface area (Å²) >= 11 is 0. The van der Waals surface area contributed by atoms with Gasteiger partial charge in [-0.3, -0.25) is 14.6 Å². The molecule has 2 heterocycles. The van der Waals surface area contributed by atoms with E-state index in [4.69, 9.17) is 5.84 Å². The summed E-state index contributed by atoms with van der Waals surface area (Å²) in [6, 6.07) is 0.706. The van der Waals surface area contributed by atoms with E-state index in [1.165, 1.54) is 19.4 Å². The molecule has 2 rings (SSSR count). The predicted octanol–water partition coefficient (Wildman–Crippen LogP) is -0.922. The van der Waals surface area contributed by atoms with Crippen molar-refractivity contribution in [3.8, 4) is 0 Å². The van der Waals surface area contributed by atoms with Crippen molar-refractivity contribution in [2.45, 2.75) is 25.3 Å². The van der Waals surface area contributed by atoms with Gasteiger partial charge in [-0.1, -0.05) is 5.59 Å². The number of rotatable bonds is 4. The van der Waals surface area contributed by atoms with Gasteiger partial charge in [-0.2, -0.15) is 0 Å². The van der Waals surface area contributed by atoms with Gasteiger partial charge in [0.25, 0.3) is 0 Å². The fraction of sp³-hybridized carbons (Fsp3) is 0.900. The third kappa shape index (κ3) is 2.91. The first-order valence-electron chi connectivity index (χ1n) is 5.91. The van der Waals surface area contributed by atoms with Gasteiger partial charge in [0.1, 0.15) is 0 Å². The van der Waals surface area contributed by atoms with Crippen LogP contribution in [0.2, 0.25) is 0 Å². The van der Waals surface area contributed by atoms with Crippen LogP contribution in [0.15, 0.2) is 0 Å². The summed E-state index contributed by atoms with van der Waals surface area (Å²) in [6.07, 6.45) is 3.01. The molecule has 6 heteroatoms. The highest BCUT2D eigenvalue weighted by molar-refractivity contribution is 5.69. The second-order valence-electron chi connectivity index (χ2n) is 4.47. The maximum atomic E-state index is 11.1. The maximum absolute atomic E-state index is 11.1. The van der Waals surface area contributed by atoms with E-state index in [-0.39, 0.29) is 5.97 Å². The average Bonchev–Trinajstić information content (AvgIpc) is 2.74. The number of fused-ring (bicyclic) bond motifs is 1. The van der Waals surface area contributed by atoms with Crippen LogP contribution >= 0.6 is 0 Å². The molecule has 0 bridgehead atoms. The highest BCUT2D eigenvalue weighted by Gasteiger charge is 2.30. The number of carbonyl (C=O) groups excluding carboxylic acids is 1. The van der Waals surface area contributed by atoms with E-state index in [2.05, 4.69) is 14.6 Å². The monoisotopic (exact) mass is 228 g/mol. The van der Waals surface area contributed by atoms with Crippen molar-refractivity contribution in [2.24, 2.45) is 5.84 Å². The van der Waals surface area contributed by atoms with Crippen molar-refractivity contribution >= 4 is 5.97 Å². The van der Waals surface area contributed by atoms with Gasteiger partial charge in [-0.05, 0) is 19.4 Å². The van der Waals surface area contributed by atoms with Crippen LogP contribution < -0.4 is 11.4 Å². The molecule has 0 radical (unpaired) electrons. The zero-order valence-electron chi connectivity index (χ0n) is 9.52. The Bertz CT molecular complexity index is 249. The number of nitrogens with zero attached hydrogens (tertiary/aromatic N) is 2. The molecule has 0 aromatic carbocycles. The first-order chi connectivity index (χ1) is 7.79. The van der Waals surface area contributed by atoms with E-state index in [0.717, 1.165) is 26.2 Å². The molecule has 0 aromatic heterocycles. The van der Waals surface area contributed by atoms with Crippen LogP contribution in [0.25, 0.3) is 0 Å². The minimum atomic E-state index is -0.295. The number of piperazine rings is 1. The normalized spacial score (nSPS) is 26.7. The molecular weight excluding hydrogens is 208 g/mol. The van der Waals surface area contributed by atoms with E-state index in [0.29, 0.717) is 12.5 Å². The van der Waals surface area contributed by atoms with Crippen LogP contribution in [0.1, 0.15) is 19.3 Å². The van der Waals surface area contributed by atoms with Crippen molar-refractivity contribution in [2.75, 3.05) is 32.7 Å². The summed E-state index contributed by atoms with van der Waals surface area (Å²) in [6.45, 7) is 5.29. The van der Waals surface area contributed by atoms with Gasteiger partial charge in [-0.25, -0.2) is 5.84 Å². The lowest BCUT2D eigenvalue weighted by Gasteiger charge is -2.37. The van der Waals surface area contributed by atoms with Gasteiger partial charge in [0.2, 0.25) is 0 Å². The first kappa shape index (κ1) is 11.8. The largest absolute Gasteiger partial charge is 0.356 e. The van der Waals surface area contributed by atoms with Crippen LogP contribution in [0, 0.1) is 0 Å². The van der Waals surface area contributed by atoms with Crippen molar-refractivity contribution in [3.63, 3.8) is 0 Å². The van der Waals surface area contributed by atoms with Gasteiger partial charge < -0.3 is 4.84 Å². The van der Waals surface area contributed by atoms with Gasteiger partial charge in [0.15, 0.2) is 0 Å². The fourth-order valence-corrected chi connectivity index (χ4v) is 2.62. The Morgan fingerprint density at radius 1 is 1.44 bits per heavy atom. The second-order valence-corrected chi connectivity index (χ2v) is 4.47. The third-order valence-corrected chi connectivity index (χ3v) is 3.48. The number of hydrazine groups is 1. The summed E-state index contributed by atoms with van der Waals surface area (Å²) in [5.41, 5.74) is 1.92. The molecule has 0 aliphatic carbocycles. The van der Waals surface area contributed by atoms with Crippen molar-refractivity contribution < 1.29 is 9.63 Å². The lowest BCUT2D eigenvalue weighted by Crippen LogP contribution is -2.50. The quantitative estimate of drug-likeness (QED) is 0.479. The number of hydrogen-bond acceptors (Lipinski definition) is 6. The van der Waals surface area contributed by atoms with Crippen LogP contribution in [0.5, 0.6) is 0 Å². The Balaban J connectivity index is 1.69. The second kappa shape index (κ2) is 5.58. The van der Waals surface area contributed by atoms with Gasteiger partial charge >= 0.3 is 5.97 Å². The molecule has 1 unspecified atom stereocenters. The topological polar surface area (TPSA) is 70.8 Å². The smallest absolute Gasteiger partial charge is 0.327 e. The minimum Gasteiger partial charge on any atom is -0.356 e. The number of hydrogen-bond donors (Lipinski definition) is 2. The van der Waals surface area contributed by atoms with E-state index in [1.54, 1.807) is 0 Å². The summed E-state index contributed by atoms with van der Waals surface area (Å²) in [7, 11) is 0. The zero-order chi connectivity index (χ0) is 11.4. The average molecular weight is 228 g/mol. The Hall–Kier alpha value is -0.690. The van der Waals surface area contributed by atoms with E-state index in [1.807, 2.05) is 5.59 Å². The minimum absolute atomic E-state index is 0.295. The number of carbonyl (C=O) groups is 1. The van der Waals surface area contributed by atoms with Crippen LogP contribution in [0.4, 0.5) is 0 Å².